The second-order valence-electron chi connectivity index (χ2n) is 3.74. The van der Waals surface area contributed by atoms with E-state index in [1.807, 2.05) is 0 Å². The van der Waals surface area contributed by atoms with Gasteiger partial charge in [-0.05, 0) is 19.4 Å². The minimum atomic E-state index is 0. The second-order valence-corrected chi connectivity index (χ2v) is 4.15. The smallest absolute Gasteiger partial charge is 0.237 e. The Kier molecular flexibility index (Phi) is 5.74. The van der Waals surface area contributed by atoms with Crippen molar-refractivity contribution in [2.45, 2.75) is 18.9 Å². The summed E-state index contributed by atoms with van der Waals surface area (Å²) in [6.07, 6.45) is 3.84. The minimum absolute atomic E-state index is 0. The molecular weight excluding hydrogens is 263 g/mol. The van der Waals surface area contributed by atoms with E-state index < -0.39 is 0 Å². The van der Waals surface area contributed by atoms with Crippen molar-refractivity contribution in [1.82, 2.24) is 15.3 Å². The molecule has 0 aliphatic carbocycles. The SMILES string of the molecule is COc1nc(N[C@@H]2CCCNC2)ncc1Cl.Cl. The molecule has 0 bridgehead atoms. The molecule has 0 spiro atoms. The summed E-state index contributed by atoms with van der Waals surface area (Å²) in [5.74, 6) is 0.970. The van der Waals surface area contributed by atoms with Gasteiger partial charge in [-0.15, -0.1) is 12.4 Å². The number of methoxy groups -OCH3 is 1. The summed E-state index contributed by atoms with van der Waals surface area (Å²) in [5, 5.41) is 7.00. The van der Waals surface area contributed by atoms with Crippen molar-refractivity contribution in [3.63, 3.8) is 0 Å². The van der Waals surface area contributed by atoms with Gasteiger partial charge < -0.3 is 15.4 Å². The van der Waals surface area contributed by atoms with Gasteiger partial charge in [0.1, 0.15) is 5.02 Å². The van der Waals surface area contributed by atoms with Crippen molar-refractivity contribution in [1.29, 1.82) is 0 Å². The lowest BCUT2D eigenvalue weighted by atomic mass is 10.1. The first kappa shape index (κ1) is 14.3. The summed E-state index contributed by atoms with van der Waals surface area (Å²) in [6.45, 7) is 2.03. The number of ether oxygens (including phenoxy) is 1. The van der Waals surface area contributed by atoms with Crippen LogP contribution >= 0.6 is 24.0 Å². The van der Waals surface area contributed by atoms with E-state index in [4.69, 9.17) is 16.3 Å². The molecule has 0 saturated carbocycles. The molecule has 1 atom stereocenters. The molecule has 2 N–H and O–H groups in total. The van der Waals surface area contributed by atoms with Crippen LogP contribution < -0.4 is 15.4 Å². The first-order chi connectivity index (χ1) is 7.79. The van der Waals surface area contributed by atoms with Crippen molar-refractivity contribution < 1.29 is 4.74 Å². The Hall–Kier alpha value is -0.780. The van der Waals surface area contributed by atoms with Gasteiger partial charge in [-0.1, -0.05) is 11.6 Å². The Morgan fingerprint density at radius 3 is 3.06 bits per heavy atom. The van der Waals surface area contributed by atoms with Gasteiger partial charge in [-0.3, -0.25) is 0 Å². The van der Waals surface area contributed by atoms with E-state index in [9.17, 15) is 0 Å². The van der Waals surface area contributed by atoms with Gasteiger partial charge in [0.25, 0.3) is 0 Å². The molecule has 2 rings (SSSR count). The summed E-state index contributed by atoms with van der Waals surface area (Å²) in [6, 6.07) is 0.375. The van der Waals surface area contributed by atoms with Crippen LogP contribution in [0.3, 0.4) is 0 Å². The first-order valence-electron chi connectivity index (χ1n) is 5.33. The van der Waals surface area contributed by atoms with Crippen molar-refractivity contribution in [3.8, 4) is 5.88 Å². The van der Waals surface area contributed by atoms with Gasteiger partial charge in [0.2, 0.25) is 11.8 Å². The number of nitrogens with zero attached hydrogens (tertiary/aromatic N) is 2. The molecule has 1 aromatic rings. The predicted molar refractivity (Wildman–Crippen MR) is 70.4 cm³/mol. The van der Waals surface area contributed by atoms with E-state index in [1.165, 1.54) is 6.42 Å². The normalized spacial score (nSPS) is 19.3. The van der Waals surface area contributed by atoms with E-state index >= 15 is 0 Å². The zero-order chi connectivity index (χ0) is 11.4. The van der Waals surface area contributed by atoms with Crippen molar-refractivity contribution in [3.05, 3.63) is 11.2 Å². The monoisotopic (exact) mass is 278 g/mol. The van der Waals surface area contributed by atoms with E-state index in [-0.39, 0.29) is 12.4 Å². The van der Waals surface area contributed by atoms with E-state index in [0.29, 0.717) is 22.9 Å². The van der Waals surface area contributed by atoms with Crippen molar-refractivity contribution in [2.24, 2.45) is 0 Å². The average Bonchev–Trinajstić information content (AvgIpc) is 2.33. The molecule has 1 fully saturated rings. The molecule has 0 unspecified atom stereocenters. The molecule has 2 heterocycles. The standard InChI is InChI=1S/C10H15ClN4O.ClH/c1-16-9-8(11)6-13-10(15-9)14-7-3-2-4-12-5-7;/h6-7,12H,2-5H2,1H3,(H,13,14,15);1H/t7-;/m1./s1. The van der Waals surface area contributed by atoms with Crippen LogP contribution in [0.25, 0.3) is 0 Å². The molecule has 96 valence electrons. The molecule has 0 amide bonds. The lowest BCUT2D eigenvalue weighted by molar-refractivity contribution is 0.397. The van der Waals surface area contributed by atoms with E-state index in [1.54, 1.807) is 13.3 Å². The number of piperidine rings is 1. The molecule has 0 radical (unpaired) electrons. The lowest BCUT2D eigenvalue weighted by Gasteiger charge is -2.23. The fourth-order valence-electron chi connectivity index (χ4n) is 1.72. The largest absolute Gasteiger partial charge is 0.480 e. The highest BCUT2D eigenvalue weighted by Gasteiger charge is 2.14. The molecular formula is C10H16Cl2N4O. The third-order valence-electron chi connectivity index (χ3n) is 2.54. The molecule has 1 saturated heterocycles. The summed E-state index contributed by atoms with van der Waals surface area (Å²) >= 11 is 5.85. The van der Waals surface area contributed by atoms with Crippen LogP contribution in [0.2, 0.25) is 5.02 Å². The number of anilines is 1. The van der Waals surface area contributed by atoms with Crippen LogP contribution in [-0.4, -0.2) is 36.2 Å². The summed E-state index contributed by atoms with van der Waals surface area (Å²) in [5.41, 5.74) is 0. The maximum Gasteiger partial charge on any atom is 0.237 e. The van der Waals surface area contributed by atoms with Crippen LogP contribution in [0.5, 0.6) is 5.88 Å². The number of hydrogen-bond acceptors (Lipinski definition) is 5. The molecule has 17 heavy (non-hydrogen) atoms. The fraction of sp³-hybridized carbons (Fsp3) is 0.600. The number of nitrogens with one attached hydrogen (secondary N) is 2. The summed E-state index contributed by atoms with van der Waals surface area (Å²) in [7, 11) is 1.54. The third-order valence-corrected chi connectivity index (χ3v) is 2.79. The van der Waals surface area contributed by atoms with Crippen molar-refractivity contribution >= 4 is 30.0 Å². The summed E-state index contributed by atoms with van der Waals surface area (Å²) in [4.78, 5) is 8.30. The molecule has 5 nitrogen and oxygen atoms in total. The van der Waals surface area contributed by atoms with Gasteiger partial charge in [0.15, 0.2) is 0 Å². The first-order valence-corrected chi connectivity index (χ1v) is 5.71. The van der Waals surface area contributed by atoms with Gasteiger partial charge in [0, 0.05) is 12.6 Å². The van der Waals surface area contributed by atoms with E-state index in [2.05, 4.69) is 20.6 Å². The van der Waals surface area contributed by atoms with Crippen LogP contribution in [0.4, 0.5) is 5.95 Å². The van der Waals surface area contributed by atoms with Gasteiger partial charge in [-0.2, -0.15) is 4.98 Å². The quantitative estimate of drug-likeness (QED) is 0.882. The Labute approximate surface area is 112 Å². The fourth-order valence-corrected chi connectivity index (χ4v) is 1.89. The van der Waals surface area contributed by atoms with Gasteiger partial charge >= 0.3 is 0 Å². The van der Waals surface area contributed by atoms with Crippen LogP contribution in [0.15, 0.2) is 6.20 Å². The highest BCUT2D eigenvalue weighted by Crippen LogP contribution is 2.21. The molecule has 0 aromatic carbocycles. The second kappa shape index (κ2) is 6.83. The third kappa shape index (κ3) is 3.87. The maximum absolute atomic E-state index is 5.85. The topological polar surface area (TPSA) is 59.1 Å². The Bertz CT molecular complexity index is 358. The van der Waals surface area contributed by atoms with Crippen LogP contribution in [0, 0.1) is 0 Å². The zero-order valence-electron chi connectivity index (χ0n) is 9.57. The number of halogens is 2. The number of rotatable bonds is 3. The maximum atomic E-state index is 5.85. The lowest BCUT2D eigenvalue weighted by Crippen LogP contribution is -2.38. The van der Waals surface area contributed by atoms with Crippen molar-refractivity contribution in [2.75, 3.05) is 25.5 Å². The highest BCUT2D eigenvalue weighted by molar-refractivity contribution is 6.31. The average molecular weight is 279 g/mol. The Morgan fingerprint density at radius 1 is 1.59 bits per heavy atom. The van der Waals surface area contributed by atoms with Crippen LogP contribution in [-0.2, 0) is 0 Å². The molecule has 1 aliphatic rings. The highest BCUT2D eigenvalue weighted by atomic mass is 35.5. The predicted octanol–water partition coefficient (Wildman–Crippen LogP) is 1.72. The number of aromatic nitrogens is 2. The van der Waals surface area contributed by atoms with Gasteiger partial charge in [0.05, 0.1) is 13.3 Å². The van der Waals surface area contributed by atoms with Gasteiger partial charge in [-0.25, -0.2) is 4.98 Å². The van der Waals surface area contributed by atoms with E-state index in [0.717, 1.165) is 19.5 Å². The molecule has 7 heteroatoms. The molecule has 1 aliphatic heterocycles. The summed E-state index contributed by atoms with van der Waals surface area (Å²) < 4.78 is 5.04. The number of hydrogen-bond donors (Lipinski definition) is 2. The minimum Gasteiger partial charge on any atom is -0.480 e. The van der Waals surface area contributed by atoms with Crippen LogP contribution in [0.1, 0.15) is 12.8 Å². The Morgan fingerprint density at radius 2 is 2.41 bits per heavy atom. The molecule has 1 aromatic heterocycles. The zero-order valence-corrected chi connectivity index (χ0v) is 11.1. The Balaban J connectivity index is 0.00000144.